The van der Waals surface area contributed by atoms with Crippen LogP contribution in [0.2, 0.25) is 0 Å². The molecule has 0 radical (unpaired) electrons. The first kappa shape index (κ1) is 14.4. The molecule has 0 spiro atoms. The molecule has 0 amide bonds. The van der Waals surface area contributed by atoms with Gasteiger partial charge in [0, 0.05) is 38.1 Å². The second kappa shape index (κ2) is 6.40. The highest BCUT2D eigenvalue weighted by Crippen LogP contribution is 2.13. The van der Waals surface area contributed by atoms with E-state index in [0.717, 1.165) is 38.3 Å². The van der Waals surface area contributed by atoms with Gasteiger partial charge in [-0.3, -0.25) is 0 Å². The monoisotopic (exact) mass is 267 g/mol. The zero-order valence-corrected chi connectivity index (χ0v) is 12.4. The third-order valence-electron chi connectivity index (χ3n) is 3.92. The highest BCUT2D eigenvalue weighted by molar-refractivity contribution is 4.89. The van der Waals surface area contributed by atoms with Gasteiger partial charge in [0.1, 0.15) is 0 Å². The van der Waals surface area contributed by atoms with Gasteiger partial charge >= 0.3 is 0 Å². The molecule has 1 saturated heterocycles. The summed E-state index contributed by atoms with van der Waals surface area (Å²) in [5, 5.41) is 15.6. The lowest BCUT2D eigenvalue weighted by Crippen LogP contribution is -2.52. The summed E-state index contributed by atoms with van der Waals surface area (Å²) >= 11 is 0. The zero-order chi connectivity index (χ0) is 13.8. The molecular formula is C12H25N7. The second-order valence-corrected chi connectivity index (χ2v) is 5.52. The van der Waals surface area contributed by atoms with Gasteiger partial charge in [-0.15, -0.1) is 10.2 Å². The first-order valence-electron chi connectivity index (χ1n) is 6.87. The van der Waals surface area contributed by atoms with E-state index in [1.165, 1.54) is 4.80 Å². The predicted molar refractivity (Wildman–Crippen MR) is 73.9 cm³/mol. The van der Waals surface area contributed by atoms with Crippen LogP contribution in [0.4, 0.5) is 0 Å². The molecule has 2 atom stereocenters. The molecule has 0 aliphatic carbocycles. The van der Waals surface area contributed by atoms with Crippen LogP contribution in [-0.2, 0) is 13.5 Å². The smallest absolute Gasteiger partial charge is 0.176 e. The van der Waals surface area contributed by atoms with Crippen molar-refractivity contribution in [3.8, 4) is 0 Å². The number of likely N-dealkylation sites (N-methyl/N-ethyl adjacent to an activating group) is 3. The van der Waals surface area contributed by atoms with Crippen molar-refractivity contribution in [1.29, 1.82) is 0 Å². The fourth-order valence-electron chi connectivity index (χ4n) is 2.61. The number of hydrogen-bond donors (Lipinski definition) is 1. The Morgan fingerprint density at radius 1 is 1.32 bits per heavy atom. The van der Waals surface area contributed by atoms with Gasteiger partial charge in [0.15, 0.2) is 5.82 Å². The molecule has 0 aromatic carbocycles. The first-order valence-corrected chi connectivity index (χ1v) is 6.87. The Balaban J connectivity index is 1.90. The van der Waals surface area contributed by atoms with E-state index >= 15 is 0 Å². The first-order chi connectivity index (χ1) is 9.08. The maximum Gasteiger partial charge on any atom is 0.176 e. The van der Waals surface area contributed by atoms with Crippen molar-refractivity contribution >= 4 is 0 Å². The maximum absolute atomic E-state index is 4.26. The van der Waals surface area contributed by atoms with Crippen molar-refractivity contribution in [2.24, 2.45) is 7.05 Å². The summed E-state index contributed by atoms with van der Waals surface area (Å²) in [6, 6.07) is 0.982. The van der Waals surface area contributed by atoms with Gasteiger partial charge < -0.3 is 15.1 Å². The van der Waals surface area contributed by atoms with E-state index in [9.17, 15) is 0 Å². The highest BCUT2D eigenvalue weighted by Gasteiger charge is 2.25. The minimum absolute atomic E-state index is 0.392. The second-order valence-electron chi connectivity index (χ2n) is 5.52. The van der Waals surface area contributed by atoms with E-state index in [4.69, 9.17) is 0 Å². The average molecular weight is 267 g/mol. The molecule has 2 heterocycles. The van der Waals surface area contributed by atoms with Crippen LogP contribution in [0.1, 0.15) is 12.2 Å². The molecule has 0 saturated carbocycles. The van der Waals surface area contributed by atoms with Gasteiger partial charge in [-0.25, -0.2) is 0 Å². The van der Waals surface area contributed by atoms with Crippen molar-refractivity contribution in [3.05, 3.63) is 5.82 Å². The largest absolute Gasteiger partial charge is 0.316 e. The summed E-state index contributed by atoms with van der Waals surface area (Å²) < 4.78 is 0. The van der Waals surface area contributed by atoms with Crippen molar-refractivity contribution < 1.29 is 0 Å². The van der Waals surface area contributed by atoms with E-state index in [-0.39, 0.29) is 0 Å². The van der Waals surface area contributed by atoms with Crippen LogP contribution in [0.15, 0.2) is 0 Å². The Bertz CT molecular complexity index is 391. The van der Waals surface area contributed by atoms with Crippen LogP contribution in [0.3, 0.4) is 0 Å². The van der Waals surface area contributed by atoms with Crippen LogP contribution in [0.5, 0.6) is 0 Å². The van der Waals surface area contributed by atoms with Crippen LogP contribution < -0.4 is 5.32 Å². The average Bonchev–Trinajstić information content (AvgIpc) is 2.78. The summed E-state index contributed by atoms with van der Waals surface area (Å²) in [5.41, 5.74) is 0. The van der Waals surface area contributed by atoms with Gasteiger partial charge in [-0.1, -0.05) is 0 Å². The molecule has 2 rings (SSSR count). The van der Waals surface area contributed by atoms with Crippen LogP contribution >= 0.6 is 0 Å². The fourth-order valence-corrected chi connectivity index (χ4v) is 2.61. The molecule has 0 bridgehead atoms. The molecule has 19 heavy (non-hydrogen) atoms. The maximum atomic E-state index is 4.26. The number of nitrogens with one attached hydrogen (secondary N) is 1. The van der Waals surface area contributed by atoms with E-state index < -0.39 is 0 Å². The van der Waals surface area contributed by atoms with E-state index in [0.29, 0.717) is 12.1 Å². The van der Waals surface area contributed by atoms with Crippen molar-refractivity contribution in [2.75, 3.05) is 40.8 Å². The normalized spacial score (nSPS) is 23.7. The molecule has 1 fully saturated rings. The molecule has 1 aliphatic heterocycles. The molecule has 1 aromatic heterocycles. The minimum atomic E-state index is 0.392. The van der Waals surface area contributed by atoms with Gasteiger partial charge in [-0.05, 0) is 32.8 Å². The zero-order valence-electron chi connectivity index (χ0n) is 12.4. The summed E-state index contributed by atoms with van der Waals surface area (Å²) in [5.74, 6) is 0.814. The number of nitrogens with zero attached hydrogens (tertiary/aromatic N) is 6. The molecular weight excluding hydrogens is 242 g/mol. The molecule has 7 heteroatoms. The van der Waals surface area contributed by atoms with Gasteiger partial charge in [0.25, 0.3) is 0 Å². The van der Waals surface area contributed by atoms with E-state index in [1.807, 2.05) is 7.05 Å². The number of piperazine rings is 1. The SMILES string of the molecule is CNC(Cc1nnn(C)n1)CC1CN(C)CCN1C. The minimum Gasteiger partial charge on any atom is -0.316 e. The highest BCUT2D eigenvalue weighted by atomic mass is 15.6. The third-order valence-corrected chi connectivity index (χ3v) is 3.92. The Morgan fingerprint density at radius 3 is 2.74 bits per heavy atom. The van der Waals surface area contributed by atoms with Crippen molar-refractivity contribution in [2.45, 2.75) is 24.9 Å². The number of tetrazole rings is 1. The lowest BCUT2D eigenvalue weighted by atomic mass is 10.0. The quantitative estimate of drug-likeness (QED) is 0.736. The molecule has 1 aliphatic rings. The summed E-state index contributed by atoms with van der Waals surface area (Å²) in [4.78, 5) is 6.37. The topological polar surface area (TPSA) is 62.1 Å². The fraction of sp³-hybridized carbons (Fsp3) is 0.917. The van der Waals surface area contributed by atoms with Crippen molar-refractivity contribution in [3.63, 3.8) is 0 Å². The van der Waals surface area contributed by atoms with E-state index in [1.54, 1.807) is 7.05 Å². The van der Waals surface area contributed by atoms with E-state index in [2.05, 4.69) is 44.6 Å². The Kier molecular flexibility index (Phi) is 4.84. The van der Waals surface area contributed by atoms with Gasteiger partial charge in [0.05, 0.1) is 7.05 Å². The lowest BCUT2D eigenvalue weighted by Gasteiger charge is -2.39. The number of rotatable bonds is 5. The Morgan fingerprint density at radius 2 is 2.11 bits per heavy atom. The summed E-state index contributed by atoms with van der Waals surface area (Å²) in [7, 11) is 8.21. The van der Waals surface area contributed by atoms with Crippen molar-refractivity contribution in [1.82, 2.24) is 35.3 Å². The van der Waals surface area contributed by atoms with Crippen LogP contribution in [0.25, 0.3) is 0 Å². The number of hydrogen-bond acceptors (Lipinski definition) is 6. The predicted octanol–water partition coefficient (Wildman–Crippen LogP) is -1.02. The van der Waals surface area contributed by atoms with Crippen LogP contribution in [0, 0.1) is 0 Å². The molecule has 1 aromatic rings. The number of aromatic nitrogens is 4. The standard InChI is InChI=1S/C12H25N7/c1-13-10(8-12-14-16-19(4)15-12)7-11-9-17(2)5-6-18(11)3/h10-11,13H,5-9H2,1-4H3. The molecule has 2 unspecified atom stereocenters. The van der Waals surface area contributed by atoms with Gasteiger partial charge in [0.2, 0.25) is 0 Å². The summed E-state index contributed by atoms with van der Waals surface area (Å²) in [6.07, 6.45) is 1.94. The molecule has 1 N–H and O–H groups in total. The molecule has 7 nitrogen and oxygen atoms in total. The molecule has 108 valence electrons. The number of aryl methyl sites for hydroxylation is 1. The summed E-state index contributed by atoms with van der Waals surface area (Å²) in [6.45, 7) is 3.42. The third kappa shape index (κ3) is 3.95. The van der Waals surface area contributed by atoms with Gasteiger partial charge in [-0.2, -0.15) is 4.80 Å². The lowest BCUT2D eigenvalue weighted by molar-refractivity contribution is 0.101. The Hall–Kier alpha value is -1.05. The van der Waals surface area contributed by atoms with Crippen LogP contribution in [-0.4, -0.2) is 82.9 Å². The Labute approximate surface area is 114 Å².